The number of amides is 3. The van der Waals surface area contributed by atoms with Gasteiger partial charge in [-0.2, -0.15) is 0 Å². The van der Waals surface area contributed by atoms with E-state index in [0.29, 0.717) is 13.1 Å². The van der Waals surface area contributed by atoms with E-state index in [0.717, 1.165) is 24.8 Å². The second kappa shape index (κ2) is 9.02. The summed E-state index contributed by atoms with van der Waals surface area (Å²) >= 11 is 0. The lowest BCUT2D eigenvalue weighted by atomic mass is 10.1. The number of nitrogens with zero attached hydrogens (tertiary/aromatic N) is 1. The Bertz CT molecular complexity index is 491. The third kappa shape index (κ3) is 6.11. The van der Waals surface area contributed by atoms with Gasteiger partial charge in [0.15, 0.2) is 0 Å². The largest absolute Gasteiger partial charge is 0.352 e. The van der Waals surface area contributed by atoms with Crippen molar-refractivity contribution >= 4 is 11.9 Å². The van der Waals surface area contributed by atoms with E-state index in [9.17, 15) is 14.0 Å². The summed E-state index contributed by atoms with van der Waals surface area (Å²) in [6.07, 6.45) is 2.95. The number of hydrogen-bond donors (Lipinski definition) is 2. The molecule has 0 saturated heterocycles. The number of urea groups is 1. The van der Waals surface area contributed by atoms with Gasteiger partial charge in [-0.25, -0.2) is 9.18 Å². The molecular weight excluding hydrogens is 285 g/mol. The van der Waals surface area contributed by atoms with Crippen molar-refractivity contribution in [2.24, 2.45) is 5.73 Å². The van der Waals surface area contributed by atoms with Crippen LogP contribution in [-0.4, -0.2) is 29.4 Å². The Kier molecular flexibility index (Phi) is 7.36. The topological polar surface area (TPSA) is 75.4 Å². The van der Waals surface area contributed by atoms with Crippen LogP contribution in [0.1, 0.15) is 38.7 Å². The second-order valence-electron chi connectivity index (χ2n) is 5.32. The van der Waals surface area contributed by atoms with Crippen molar-refractivity contribution in [2.45, 2.75) is 45.7 Å². The quantitative estimate of drug-likeness (QED) is 0.724. The maximum absolute atomic E-state index is 13.0. The van der Waals surface area contributed by atoms with Crippen molar-refractivity contribution < 1.29 is 14.0 Å². The summed E-state index contributed by atoms with van der Waals surface area (Å²) < 4.78 is 13.0. The number of nitrogens with one attached hydrogen (secondary N) is 1. The smallest absolute Gasteiger partial charge is 0.312 e. The zero-order valence-corrected chi connectivity index (χ0v) is 13.1. The van der Waals surface area contributed by atoms with Crippen LogP contribution in [0, 0.1) is 5.82 Å². The van der Waals surface area contributed by atoms with Crippen LogP contribution in [0.2, 0.25) is 0 Å². The Hall–Kier alpha value is -2.11. The first-order valence-electron chi connectivity index (χ1n) is 7.53. The molecule has 1 aromatic rings. The number of nitrogens with two attached hydrogens (primary N) is 1. The number of primary amides is 1. The van der Waals surface area contributed by atoms with Gasteiger partial charge in [-0.3, -0.25) is 4.79 Å². The standard InChI is InChI=1S/C16H24FN3O2/c1-3-4-5-10-20(15(21)12(2)19-16(18)22)11-13-6-8-14(17)9-7-13/h6-9,12H,3-5,10-11H2,1-2H3,(H3,18,19,22)/t12-/m1/s1. The molecule has 0 aliphatic rings. The Morgan fingerprint density at radius 2 is 1.91 bits per heavy atom. The zero-order valence-electron chi connectivity index (χ0n) is 13.1. The molecule has 1 rings (SSSR count). The molecule has 0 fully saturated rings. The average molecular weight is 309 g/mol. The van der Waals surface area contributed by atoms with Crippen molar-refractivity contribution in [1.82, 2.24) is 10.2 Å². The Labute approximate surface area is 130 Å². The van der Waals surface area contributed by atoms with Crippen molar-refractivity contribution in [1.29, 1.82) is 0 Å². The highest BCUT2D eigenvalue weighted by Gasteiger charge is 2.21. The minimum atomic E-state index is -0.726. The molecule has 1 aromatic carbocycles. The molecule has 0 heterocycles. The Morgan fingerprint density at radius 1 is 1.27 bits per heavy atom. The van der Waals surface area contributed by atoms with Crippen LogP contribution in [0.3, 0.4) is 0 Å². The lowest BCUT2D eigenvalue weighted by molar-refractivity contribution is -0.133. The molecule has 0 unspecified atom stereocenters. The predicted molar refractivity (Wildman–Crippen MR) is 83.5 cm³/mol. The van der Waals surface area contributed by atoms with Gasteiger partial charge in [-0.1, -0.05) is 31.9 Å². The van der Waals surface area contributed by atoms with E-state index in [1.807, 2.05) is 0 Å². The first kappa shape index (κ1) is 17.9. The van der Waals surface area contributed by atoms with Gasteiger partial charge in [-0.15, -0.1) is 0 Å². The van der Waals surface area contributed by atoms with Crippen molar-refractivity contribution in [3.05, 3.63) is 35.6 Å². The minimum Gasteiger partial charge on any atom is -0.352 e. The van der Waals surface area contributed by atoms with Gasteiger partial charge in [0.1, 0.15) is 11.9 Å². The summed E-state index contributed by atoms with van der Waals surface area (Å²) in [5.74, 6) is -0.504. The number of hydrogen-bond acceptors (Lipinski definition) is 2. The van der Waals surface area contributed by atoms with E-state index in [4.69, 9.17) is 5.73 Å². The van der Waals surface area contributed by atoms with Crippen molar-refractivity contribution in [2.75, 3.05) is 6.54 Å². The van der Waals surface area contributed by atoms with Gasteiger partial charge >= 0.3 is 6.03 Å². The molecule has 0 spiro atoms. The van der Waals surface area contributed by atoms with E-state index >= 15 is 0 Å². The van der Waals surface area contributed by atoms with Gasteiger partial charge in [0.2, 0.25) is 5.91 Å². The summed E-state index contributed by atoms with van der Waals surface area (Å²) in [6, 6.07) is 4.64. The molecule has 0 aromatic heterocycles. The molecule has 3 amide bonds. The normalized spacial score (nSPS) is 11.8. The van der Waals surface area contributed by atoms with Gasteiger partial charge in [0.25, 0.3) is 0 Å². The fourth-order valence-corrected chi connectivity index (χ4v) is 2.18. The van der Waals surface area contributed by atoms with Gasteiger partial charge in [0.05, 0.1) is 0 Å². The number of halogens is 1. The third-order valence-corrected chi connectivity index (χ3v) is 3.36. The van der Waals surface area contributed by atoms with Gasteiger partial charge in [0, 0.05) is 13.1 Å². The molecule has 0 aliphatic heterocycles. The SMILES string of the molecule is CCCCCN(Cc1ccc(F)cc1)C(=O)[C@@H](C)NC(N)=O. The fraction of sp³-hybridized carbons (Fsp3) is 0.500. The Balaban J connectivity index is 2.75. The van der Waals surface area contributed by atoms with Gasteiger partial charge < -0.3 is 16.0 Å². The molecule has 0 aliphatic carbocycles. The van der Waals surface area contributed by atoms with E-state index in [2.05, 4.69) is 12.2 Å². The van der Waals surface area contributed by atoms with Crippen LogP contribution in [0.5, 0.6) is 0 Å². The molecular formula is C16H24FN3O2. The molecule has 6 heteroatoms. The number of carbonyl (C=O) groups is 2. The van der Waals surface area contributed by atoms with E-state index in [1.165, 1.54) is 12.1 Å². The predicted octanol–water partition coefficient (Wildman–Crippen LogP) is 2.40. The summed E-state index contributed by atoms with van der Waals surface area (Å²) in [4.78, 5) is 25.0. The van der Waals surface area contributed by atoms with Crippen LogP contribution in [0.15, 0.2) is 24.3 Å². The Morgan fingerprint density at radius 3 is 2.45 bits per heavy atom. The third-order valence-electron chi connectivity index (χ3n) is 3.36. The van der Waals surface area contributed by atoms with Crippen LogP contribution >= 0.6 is 0 Å². The molecule has 0 saturated carbocycles. The van der Waals surface area contributed by atoms with Crippen molar-refractivity contribution in [3.8, 4) is 0 Å². The summed E-state index contributed by atoms with van der Waals surface area (Å²) in [5, 5.41) is 2.40. The first-order chi connectivity index (χ1) is 10.4. The first-order valence-corrected chi connectivity index (χ1v) is 7.53. The lowest BCUT2D eigenvalue weighted by Crippen LogP contribution is -2.48. The summed E-state index contributed by atoms with van der Waals surface area (Å²) in [7, 11) is 0. The summed E-state index contributed by atoms with van der Waals surface area (Å²) in [5.41, 5.74) is 5.90. The number of rotatable bonds is 8. The molecule has 22 heavy (non-hydrogen) atoms. The van der Waals surface area contributed by atoms with E-state index < -0.39 is 12.1 Å². The van der Waals surface area contributed by atoms with Crippen LogP contribution < -0.4 is 11.1 Å². The minimum absolute atomic E-state index is 0.195. The zero-order chi connectivity index (χ0) is 16.5. The molecule has 1 atom stereocenters. The molecule has 0 radical (unpaired) electrons. The van der Waals surface area contributed by atoms with Crippen LogP contribution in [-0.2, 0) is 11.3 Å². The number of unbranched alkanes of at least 4 members (excludes halogenated alkanes) is 2. The highest BCUT2D eigenvalue weighted by molar-refractivity contribution is 5.86. The second-order valence-corrected chi connectivity index (χ2v) is 5.32. The number of benzene rings is 1. The highest BCUT2D eigenvalue weighted by Crippen LogP contribution is 2.10. The fourth-order valence-electron chi connectivity index (χ4n) is 2.18. The highest BCUT2D eigenvalue weighted by atomic mass is 19.1. The molecule has 0 bridgehead atoms. The maximum Gasteiger partial charge on any atom is 0.312 e. The van der Waals surface area contributed by atoms with Crippen molar-refractivity contribution in [3.63, 3.8) is 0 Å². The number of carbonyl (C=O) groups excluding carboxylic acids is 2. The average Bonchev–Trinajstić information content (AvgIpc) is 2.47. The van der Waals surface area contributed by atoms with E-state index in [1.54, 1.807) is 24.0 Å². The molecule has 3 N–H and O–H groups in total. The monoisotopic (exact) mass is 309 g/mol. The maximum atomic E-state index is 13.0. The summed E-state index contributed by atoms with van der Waals surface area (Å²) in [6.45, 7) is 4.66. The van der Waals surface area contributed by atoms with Crippen LogP contribution in [0.4, 0.5) is 9.18 Å². The lowest BCUT2D eigenvalue weighted by Gasteiger charge is -2.26. The van der Waals surface area contributed by atoms with E-state index in [-0.39, 0.29) is 11.7 Å². The molecule has 122 valence electrons. The van der Waals surface area contributed by atoms with Crippen LogP contribution in [0.25, 0.3) is 0 Å². The molecule has 5 nitrogen and oxygen atoms in total. The van der Waals surface area contributed by atoms with Gasteiger partial charge in [-0.05, 0) is 31.0 Å².